The molecule has 0 radical (unpaired) electrons. The maximum Gasteiger partial charge on any atom is 0.269 e. The maximum absolute atomic E-state index is 11.7. The fraction of sp³-hybridized carbons (Fsp3) is 0.462. The molecule has 0 saturated heterocycles. The van der Waals surface area contributed by atoms with E-state index in [0.717, 1.165) is 0 Å². The molecule has 0 saturated carbocycles. The second-order valence-electron chi connectivity index (χ2n) is 5.28. The van der Waals surface area contributed by atoms with Gasteiger partial charge >= 0.3 is 0 Å². The van der Waals surface area contributed by atoms with Crippen LogP contribution < -0.4 is 16.4 Å². The molecule has 19 heavy (non-hydrogen) atoms. The van der Waals surface area contributed by atoms with E-state index in [1.807, 2.05) is 20.8 Å². The van der Waals surface area contributed by atoms with Gasteiger partial charge in [-0.15, -0.1) is 0 Å². The number of carbonyl (C=O) groups is 2. The van der Waals surface area contributed by atoms with Gasteiger partial charge in [-0.2, -0.15) is 0 Å². The van der Waals surface area contributed by atoms with Crippen molar-refractivity contribution < 1.29 is 9.59 Å². The first kappa shape index (κ1) is 14.9. The van der Waals surface area contributed by atoms with Crippen molar-refractivity contribution in [2.24, 2.45) is 0 Å². The highest BCUT2D eigenvalue weighted by Crippen LogP contribution is 2.02. The predicted octanol–water partition coefficient (Wildman–Crippen LogP) is 0.698. The highest BCUT2D eigenvalue weighted by Gasteiger charge is 2.14. The van der Waals surface area contributed by atoms with Gasteiger partial charge < -0.3 is 16.4 Å². The zero-order chi connectivity index (χ0) is 14.5. The van der Waals surface area contributed by atoms with Crippen molar-refractivity contribution in [1.82, 2.24) is 15.6 Å². The third-order valence-corrected chi connectivity index (χ3v) is 2.17. The summed E-state index contributed by atoms with van der Waals surface area (Å²) >= 11 is 0. The van der Waals surface area contributed by atoms with Crippen LogP contribution in [0.15, 0.2) is 18.3 Å². The third kappa shape index (κ3) is 5.85. The number of pyridine rings is 1. The molecular weight excluding hydrogens is 244 g/mol. The quantitative estimate of drug-likeness (QED) is 0.745. The molecule has 1 heterocycles. The first-order valence-electron chi connectivity index (χ1n) is 6.09. The Kier molecular flexibility index (Phi) is 4.86. The molecule has 6 nitrogen and oxygen atoms in total. The number of hydrogen-bond acceptors (Lipinski definition) is 4. The second-order valence-corrected chi connectivity index (χ2v) is 5.28. The molecule has 0 spiro atoms. The Hall–Kier alpha value is -2.11. The molecule has 0 aromatic carbocycles. The Labute approximate surface area is 112 Å². The second kappa shape index (κ2) is 6.17. The highest BCUT2D eigenvalue weighted by molar-refractivity contribution is 5.93. The van der Waals surface area contributed by atoms with E-state index >= 15 is 0 Å². The highest BCUT2D eigenvalue weighted by atomic mass is 16.2. The molecule has 2 amide bonds. The first-order valence-corrected chi connectivity index (χ1v) is 6.09. The molecule has 0 aliphatic rings. The van der Waals surface area contributed by atoms with Gasteiger partial charge in [-0.1, -0.05) is 0 Å². The Morgan fingerprint density at radius 2 is 2.05 bits per heavy atom. The van der Waals surface area contributed by atoms with Crippen molar-refractivity contribution in [3.8, 4) is 0 Å². The van der Waals surface area contributed by atoms with Gasteiger partial charge in [-0.05, 0) is 32.9 Å². The summed E-state index contributed by atoms with van der Waals surface area (Å²) in [5.74, 6) is -0.441. The van der Waals surface area contributed by atoms with Crippen LogP contribution >= 0.6 is 0 Å². The molecule has 0 bridgehead atoms. The number of carbonyl (C=O) groups excluding carboxylic acids is 2. The normalized spacial score (nSPS) is 10.9. The van der Waals surface area contributed by atoms with Crippen LogP contribution in [-0.2, 0) is 4.79 Å². The molecule has 0 aliphatic carbocycles. The van der Waals surface area contributed by atoms with Crippen molar-refractivity contribution in [2.45, 2.75) is 32.7 Å². The van der Waals surface area contributed by atoms with Gasteiger partial charge in [0.2, 0.25) is 5.91 Å². The summed E-state index contributed by atoms with van der Waals surface area (Å²) in [5, 5.41) is 5.44. The minimum Gasteiger partial charge on any atom is -0.399 e. The molecule has 1 aromatic heterocycles. The van der Waals surface area contributed by atoms with Crippen LogP contribution in [-0.4, -0.2) is 28.9 Å². The molecule has 1 aromatic rings. The van der Waals surface area contributed by atoms with E-state index < -0.39 is 0 Å². The fourth-order valence-corrected chi connectivity index (χ4v) is 1.43. The molecule has 4 N–H and O–H groups in total. The lowest BCUT2D eigenvalue weighted by atomic mass is 10.1. The van der Waals surface area contributed by atoms with Gasteiger partial charge in [0, 0.05) is 30.4 Å². The van der Waals surface area contributed by atoms with Crippen molar-refractivity contribution in [3.63, 3.8) is 0 Å². The minimum absolute atomic E-state index is 0.103. The number of nitrogens with zero attached hydrogens (tertiary/aromatic N) is 1. The SMILES string of the molecule is CC(C)(C)NC(=O)CCNC(=O)c1cc(N)ccn1. The topological polar surface area (TPSA) is 97.1 Å². The molecular formula is C13H20N4O2. The lowest BCUT2D eigenvalue weighted by Crippen LogP contribution is -2.42. The number of nitrogen functional groups attached to an aromatic ring is 1. The van der Waals surface area contributed by atoms with Crippen molar-refractivity contribution in [1.29, 1.82) is 0 Å². The number of nitrogens with two attached hydrogens (primary N) is 1. The molecule has 0 aliphatic heterocycles. The van der Waals surface area contributed by atoms with E-state index in [1.54, 1.807) is 6.07 Å². The summed E-state index contributed by atoms with van der Waals surface area (Å²) in [6.45, 7) is 5.97. The number of aromatic nitrogens is 1. The Balaban J connectivity index is 2.37. The van der Waals surface area contributed by atoms with Crippen LogP contribution in [0.4, 0.5) is 5.69 Å². The molecule has 104 valence electrons. The van der Waals surface area contributed by atoms with Crippen LogP contribution in [0.25, 0.3) is 0 Å². The lowest BCUT2D eigenvalue weighted by molar-refractivity contribution is -0.122. The number of amides is 2. The predicted molar refractivity (Wildman–Crippen MR) is 73.5 cm³/mol. The molecule has 6 heteroatoms. The fourth-order valence-electron chi connectivity index (χ4n) is 1.43. The van der Waals surface area contributed by atoms with E-state index in [0.29, 0.717) is 5.69 Å². The molecule has 0 unspecified atom stereocenters. The number of hydrogen-bond donors (Lipinski definition) is 3. The number of anilines is 1. The van der Waals surface area contributed by atoms with Crippen LogP contribution in [0.5, 0.6) is 0 Å². The Bertz CT molecular complexity index is 466. The summed E-state index contributed by atoms with van der Waals surface area (Å²) in [4.78, 5) is 27.1. The lowest BCUT2D eigenvalue weighted by Gasteiger charge is -2.20. The molecule has 1 rings (SSSR count). The van der Waals surface area contributed by atoms with Crippen molar-refractivity contribution in [3.05, 3.63) is 24.0 Å². The summed E-state index contributed by atoms with van der Waals surface area (Å²) in [5.41, 5.74) is 6.02. The Morgan fingerprint density at radius 1 is 1.37 bits per heavy atom. The van der Waals surface area contributed by atoms with Gasteiger partial charge in [0.1, 0.15) is 5.69 Å². The zero-order valence-corrected chi connectivity index (χ0v) is 11.5. The first-order chi connectivity index (χ1) is 8.78. The maximum atomic E-state index is 11.7. The average Bonchev–Trinajstić information content (AvgIpc) is 2.26. The summed E-state index contributed by atoms with van der Waals surface area (Å²) in [6.07, 6.45) is 1.70. The van der Waals surface area contributed by atoms with E-state index in [2.05, 4.69) is 15.6 Å². The zero-order valence-electron chi connectivity index (χ0n) is 11.5. The Morgan fingerprint density at radius 3 is 2.63 bits per heavy atom. The van der Waals surface area contributed by atoms with Crippen LogP contribution in [0.3, 0.4) is 0 Å². The third-order valence-electron chi connectivity index (χ3n) is 2.17. The standard InChI is InChI=1S/C13H20N4O2/c1-13(2,3)17-11(18)5-7-16-12(19)10-8-9(14)4-6-15-10/h4,6,8H,5,7H2,1-3H3,(H2,14,15)(H,16,19)(H,17,18). The number of nitrogens with one attached hydrogen (secondary N) is 2. The smallest absolute Gasteiger partial charge is 0.269 e. The van der Waals surface area contributed by atoms with Gasteiger partial charge in [-0.25, -0.2) is 0 Å². The summed E-state index contributed by atoms with van der Waals surface area (Å²) in [7, 11) is 0. The van der Waals surface area contributed by atoms with Crippen LogP contribution in [0, 0.1) is 0 Å². The summed E-state index contributed by atoms with van der Waals surface area (Å²) < 4.78 is 0. The van der Waals surface area contributed by atoms with Crippen LogP contribution in [0.2, 0.25) is 0 Å². The van der Waals surface area contributed by atoms with E-state index in [-0.39, 0.29) is 36.0 Å². The van der Waals surface area contributed by atoms with Crippen molar-refractivity contribution >= 4 is 17.5 Å². The van der Waals surface area contributed by atoms with E-state index in [9.17, 15) is 9.59 Å². The van der Waals surface area contributed by atoms with Crippen LogP contribution in [0.1, 0.15) is 37.7 Å². The number of rotatable bonds is 4. The molecule has 0 atom stereocenters. The average molecular weight is 264 g/mol. The monoisotopic (exact) mass is 264 g/mol. The van der Waals surface area contributed by atoms with Gasteiger partial charge in [0.05, 0.1) is 0 Å². The van der Waals surface area contributed by atoms with Gasteiger partial charge in [0.15, 0.2) is 0 Å². The van der Waals surface area contributed by atoms with E-state index in [1.165, 1.54) is 12.3 Å². The van der Waals surface area contributed by atoms with Crippen molar-refractivity contribution in [2.75, 3.05) is 12.3 Å². The molecule has 0 fully saturated rings. The van der Waals surface area contributed by atoms with Gasteiger partial charge in [0.25, 0.3) is 5.91 Å². The van der Waals surface area contributed by atoms with E-state index in [4.69, 9.17) is 5.73 Å². The van der Waals surface area contributed by atoms with Gasteiger partial charge in [-0.3, -0.25) is 14.6 Å². The largest absolute Gasteiger partial charge is 0.399 e. The minimum atomic E-state index is -0.337. The summed E-state index contributed by atoms with van der Waals surface area (Å²) in [6, 6.07) is 3.10.